The molecule has 0 bridgehead atoms. The first kappa shape index (κ1) is 12.8. The van der Waals surface area contributed by atoms with Crippen molar-refractivity contribution in [3.8, 4) is 11.5 Å². The largest absolute Gasteiger partial charge is 0.493 e. The highest BCUT2D eigenvalue weighted by Gasteiger charge is 2.20. The second kappa shape index (κ2) is 5.18. The quantitative estimate of drug-likeness (QED) is 0.811. The first-order valence-electron chi connectivity index (χ1n) is 5.17. The van der Waals surface area contributed by atoms with Crippen LogP contribution >= 0.6 is 0 Å². The topological polar surface area (TPSA) is 64.7 Å². The van der Waals surface area contributed by atoms with Crippen LogP contribution < -0.4 is 15.2 Å². The molecule has 90 valence electrons. The number of aliphatic hydroxyl groups is 1. The van der Waals surface area contributed by atoms with Gasteiger partial charge >= 0.3 is 0 Å². The molecule has 0 spiro atoms. The first-order chi connectivity index (χ1) is 7.56. The monoisotopic (exact) mass is 225 g/mol. The maximum atomic E-state index is 9.87. The zero-order valence-electron chi connectivity index (χ0n) is 10.2. The Bertz CT molecular complexity index is 377. The predicted molar refractivity (Wildman–Crippen MR) is 63.0 cm³/mol. The summed E-state index contributed by atoms with van der Waals surface area (Å²) in [6, 6.07) is 1.95. The molecule has 16 heavy (non-hydrogen) atoms. The van der Waals surface area contributed by atoms with Gasteiger partial charge in [0.25, 0.3) is 0 Å². The number of aryl methyl sites for hydroxylation is 2. The molecule has 0 aliphatic carbocycles. The van der Waals surface area contributed by atoms with Crippen LogP contribution in [0.5, 0.6) is 11.5 Å². The van der Waals surface area contributed by atoms with Crippen LogP contribution in [0.2, 0.25) is 0 Å². The Morgan fingerprint density at radius 1 is 1.19 bits per heavy atom. The number of benzene rings is 1. The van der Waals surface area contributed by atoms with Crippen LogP contribution in [0, 0.1) is 13.8 Å². The van der Waals surface area contributed by atoms with Crippen molar-refractivity contribution in [3.63, 3.8) is 0 Å². The third kappa shape index (κ3) is 2.13. The molecular formula is C12H19NO3. The maximum Gasteiger partial charge on any atom is 0.167 e. The molecular weight excluding hydrogens is 206 g/mol. The van der Waals surface area contributed by atoms with E-state index in [9.17, 15) is 5.11 Å². The van der Waals surface area contributed by atoms with Crippen molar-refractivity contribution in [2.24, 2.45) is 5.73 Å². The smallest absolute Gasteiger partial charge is 0.167 e. The van der Waals surface area contributed by atoms with Crippen LogP contribution in [0.15, 0.2) is 6.07 Å². The molecule has 0 aliphatic heterocycles. The van der Waals surface area contributed by atoms with Crippen LogP contribution in [0.25, 0.3) is 0 Å². The van der Waals surface area contributed by atoms with E-state index < -0.39 is 6.10 Å². The van der Waals surface area contributed by atoms with Crippen LogP contribution in [-0.4, -0.2) is 25.9 Å². The molecule has 0 saturated carbocycles. The summed E-state index contributed by atoms with van der Waals surface area (Å²) in [6.07, 6.45) is -0.732. The van der Waals surface area contributed by atoms with Crippen LogP contribution in [0.1, 0.15) is 22.8 Å². The Labute approximate surface area is 96.0 Å². The summed E-state index contributed by atoms with van der Waals surface area (Å²) < 4.78 is 10.6. The highest BCUT2D eigenvalue weighted by molar-refractivity contribution is 5.55. The van der Waals surface area contributed by atoms with Crippen LogP contribution in [0.3, 0.4) is 0 Å². The van der Waals surface area contributed by atoms with Crippen molar-refractivity contribution in [2.45, 2.75) is 20.0 Å². The van der Waals surface area contributed by atoms with E-state index in [-0.39, 0.29) is 6.54 Å². The lowest BCUT2D eigenvalue weighted by atomic mass is 9.98. The molecule has 0 saturated heterocycles. The molecule has 0 amide bonds. The van der Waals surface area contributed by atoms with E-state index in [0.717, 1.165) is 11.1 Å². The molecule has 0 radical (unpaired) electrons. The van der Waals surface area contributed by atoms with E-state index in [4.69, 9.17) is 15.2 Å². The molecule has 0 aliphatic rings. The van der Waals surface area contributed by atoms with Crippen LogP contribution in [-0.2, 0) is 0 Å². The molecule has 4 nitrogen and oxygen atoms in total. The highest BCUT2D eigenvalue weighted by Crippen LogP contribution is 2.39. The fourth-order valence-corrected chi connectivity index (χ4v) is 1.94. The Morgan fingerprint density at radius 3 is 2.19 bits per heavy atom. The SMILES string of the molecule is COc1c(C)cc(C)c(C(O)CN)c1OC. The first-order valence-corrected chi connectivity index (χ1v) is 5.17. The normalized spacial score (nSPS) is 12.4. The zero-order valence-corrected chi connectivity index (χ0v) is 10.2. The van der Waals surface area contributed by atoms with Gasteiger partial charge in [0.1, 0.15) is 0 Å². The second-order valence-corrected chi connectivity index (χ2v) is 3.74. The van der Waals surface area contributed by atoms with E-state index in [1.165, 1.54) is 0 Å². The number of aliphatic hydroxyl groups excluding tert-OH is 1. The second-order valence-electron chi connectivity index (χ2n) is 3.74. The molecule has 1 atom stereocenters. The minimum absolute atomic E-state index is 0.156. The Balaban J connectivity index is 3.45. The van der Waals surface area contributed by atoms with E-state index in [1.807, 2.05) is 19.9 Å². The van der Waals surface area contributed by atoms with Crippen molar-refractivity contribution in [1.29, 1.82) is 0 Å². The average Bonchev–Trinajstić information content (AvgIpc) is 2.27. The summed E-state index contributed by atoms with van der Waals surface area (Å²) in [5, 5.41) is 9.87. The Hall–Kier alpha value is -1.26. The van der Waals surface area contributed by atoms with Gasteiger partial charge in [-0.1, -0.05) is 6.07 Å². The number of hydrogen-bond donors (Lipinski definition) is 2. The molecule has 4 heteroatoms. The number of nitrogens with two attached hydrogens (primary N) is 1. The number of hydrogen-bond acceptors (Lipinski definition) is 4. The summed E-state index contributed by atoms with van der Waals surface area (Å²) in [6.45, 7) is 4.01. The van der Waals surface area contributed by atoms with Crippen molar-refractivity contribution in [1.82, 2.24) is 0 Å². The predicted octanol–water partition coefficient (Wildman–Crippen LogP) is 1.31. The van der Waals surface area contributed by atoms with Crippen LogP contribution in [0.4, 0.5) is 0 Å². The Morgan fingerprint density at radius 2 is 1.75 bits per heavy atom. The Kier molecular flexibility index (Phi) is 4.15. The molecule has 0 heterocycles. The molecule has 3 N–H and O–H groups in total. The van der Waals surface area contributed by atoms with Gasteiger partial charge in [-0.2, -0.15) is 0 Å². The molecule has 0 aromatic heterocycles. The fourth-order valence-electron chi connectivity index (χ4n) is 1.94. The molecule has 0 fully saturated rings. The third-order valence-corrected chi connectivity index (χ3v) is 2.63. The third-order valence-electron chi connectivity index (χ3n) is 2.63. The fraction of sp³-hybridized carbons (Fsp3) is 0.500. The molecule has 1 rings (SSSR count). The standard InChI is InChI=1S/C12H19NO3/c1-7-5-8(2)11(15-3)12(16-4)10(7)9(14)6-13/h5,9,14H,6,13H2,1-4H3. The summed E-state index contributed by atoms with van der Waals surface area (Å²) >= 11 is 0. The van der Waals surface area contributed by atoms with Gasteiger partial charge in [-0.15, -0.1) is 0 Å². The van der Waals surface area contributed by atoms with Gasteiger partial charge in [0.05, 0.1) is 20.3 Å². The number of methoxy groups -OCH3 is 2. The van der Waals surface area contributed by atoms with Crippen molar-refractivity contribution in [2.75, 3.05) is 20.8 Å². The van der Waals surface area contributed by atoms with Crippen molar-refractivity contribution >= 4 is 0 Å². The van der Waals surface area contributed by atoms with E-state index in [0.29, 0.717) is 17.1 Å². The molecule has 1 aromatic carbocycles. The minimum Gasteiger partial charge on any atom is -0.493 e. The summed E-state index contributed by atoms with van der Waals surface area (Å²) in [5.74, 6) is 1.22. The summed E-state index contributed by atoms with van der Waals surface area (Å²) in [4.78, 5) is 0. The maximum absolute atomic E-state index is 9.87. The summed E-state index contributed by atoms with van der Waals surface area (Å²) in [5.41, 5.74) is 8.11. The van der Waals surface area contributed by atoms with Gasteiger partial charge in [0.15, 0.2) is 11.5 Å². The number of rotatable bonds is 4. The van der Waals surface area contributed by atoms with Gasteiger partial charge in [0.2, 0.25) is 0 Å². The van der Waals surface area contributed by atoms with Crippen molar-refractivity contribution in [3.05, 3.63) is 22.8 Å². The lowest BCUT2D eigenvalue weighted by Crippen LogP contribution is -2.14. The van der Waals surface area contributed by atoms with Gasteiger partial charge in [0, 0.05) is 12.1 Å². The summed E-state index contributed by atoms with van der Waals surface area (Å²) in [7, 11) is 3.14. The number of ether oxygens (including phenoxy) is 2. The van der Waals surface area contributed by atoms with Gasteiger partial charge in [-0.3, -0.25) is 0 Å². The van der Waals surface area contributed by atoms with Gasteiger partial charge in [-0.05, 0) is 25.0 Å². The van der Waals surface area contributed by atoms with E-state index >= 15 is 0 Å². The molecule has 1 unspecified atom stereocenters. The minimum atomic E-state index is -0.732. The van der Waals surface area contributed by atoms with E-state index in [1.54, 1.807) is 14.2 Å². The van der Waals surface area contributed by atoms with Gasteiger partial charge in [-0.25, -0.2) is 0 Å². The van der Waals surface area contributed by atoms with Crippen molar-refractivity contribution < 1.29 is 14.6 Å². The lowest BCUT2D eigenvalue weighted by Gasteiger charge is -2.20. The van der Waals surface area contributed by atoms with Gasteiger partial charge < -0.3 is 20.3 Å². The average molecular weight is 225 g/mol. The van der Waals surface area contributed by atoms with E-state index in [2.05, 4.69) is 0 Å². The lowest BCUT2D eigenvalue weighted by molar-refractivity contribution is 0.180. The zero-order chi connectivity index (χ0) is 12.3. The molecule has 1 aromatic rings. The highest BCUT2D eigenvalue weighted by atomic mass is 16.5.